The lowest BCUT2D eigenvalue weighted by Crippen LogP contribution is -2.37. The third-order valence-electron chi connectivity index (χ3n) is 4.44. The lowest BCUT2D eigenvalue weighted by Gasteiger charge is -2.13. The Morgan fingerprint density at radius 2 is 1.78 bits per heavy atom. The van der Waals surface area contributed by atoms with E-state index in [-0.39, 0.29) is 11.8 Å². The Morgan fingerprint density at radius 3 is 2.41 bits per heavy atom. The van der Waals surface area contributed by atoms with Crippen LogP contribution in [0.3, 0.4) is 0 Å². The lowest BCUT2D eigenvalue weighted by atomic mass is 10.1. The van der Waals surface area contributed by atoms with Crippen molar-refractivity contribution in [1.29, 1.82) is 0 Å². The summed E-state index contributed by atoms with van der Waals surface area (Å²) in [7, 11) is 0. The van der Waals surface area contributed by atoms with Gasteiger partial charge in [0.2, 0.25) is 5.91 Å². The first-order valence-corrected chi connectivity index (χ1v) is 8.93. The SMILES string of the molecule is Cc1ccc([C@@H](C)NC(=O)C(=O)Nc2cc(NC(=O)C3CC3)ccc2C)o1. The average molecular weight is 369 g/mol. The molecule has 3 rings (SSSR count). The number of anilines is 2. The molecule has 3 N–H and O–H groups in total. The zero-order chi connectivity index (χ0) is 19.6. The summed E-state index contributed by atoms with van der Waals surface area (Å²) in [5.41, 5.74) is 1.85. The Morgan fingerprint density at radius 1 is 1.04 bits per heavy atom. The zero-order valence-corrected chi connectivity index (χ0v) is 15.6. The van der Waals surface area contributed by atoms with Crippen LogP contribution < -0.4 is 16.0 Å². The van der Waals surface area contributed by atoms with Crippen LogP contribution in [0.2, 0.25) is 0 Å². The first kappa shape index (κ1) is 18.7. The molecular formula is C20H23N3O4. The minimum Gasteiger partial charge on any atom is -0.464 e. The number of benzene rings is 1. The highest BCUT2D eigenvalue weighted by atomic mass is 16.3. The van der Waals surface area contributed by atoms with E-state index in [0.717, 1.165) is 24.2 Å². The largest absolute Gasteiger partial charge is 0.464 e. The molecular weight excluding hydrogens is 346 g/mol. The molecule has 7 nitrogen and oxygen atoms in total. The molecule has 0 bridgehead atoms. The molecule has 0 aliphatic heterocycles. The van der Waals surface area contributed by atoms with Gasteiger partial charge in [-0.05, 0) is 63.4 Å². The van der Waals surface area contributed by atoms with Gasteiger partial charge in [-0.2, -0.15) is 0 Å². The summed E-state index contributed by atoms with van der Waals surface area (Å²) in [4.78, 5) is 36.3. The van der Waals surface area contributed by atoms with Crippen molar-refractivity contribution in [3.8, 4) is 0 Å². The number of rotatable bonds is 5. The summed E-state index contributed by atoms with van der Waals surface area (Å²) >= 11 is 0. The molecule has 1 atom stereocenters. The number of hydrogen-bond donors (Lipinski definition) is 3. The van der Waals surface area contributed by atoms with Crippen LogP contribution in [-0.2, 0) is 14.4 Å². The maximum absolute atomic E-state index is 12.2. The van der Waals surface area contributed by atoms with Crippen LogP contribution >= 0.6 is 0 Å². The van der Waals surface area contributed by atoms with Gasteiger partial charge in [0, 0.05) is 17.3 Å². The van der Waals surface area contributed by atoms with Gasteiger partial charge in [-0.3, -0.25) is 14.4 Å². The molecule has 0 unspecified atom stereocenters. The molecule has 0 saturated heterocycles. The van der Waals surface area contributed by atoms with Crippen molar-refractivity contribution in [2.45, 2.75) is 39.7 Å². The van der Waals surface area contributed by atoms with Gasteiger partial charge in [0.15, 0.2) is 0 Å². The van der Waals surface area contributed by atoms with Gasteiger partial charge >= 0.3 is 11.8 Å². The highest BCUT2D eigenvalue weighted by molar-refractivity contribution is 6.39. The summed E-state index contributed by atoms with van der Waals surface area (Å²) in [6.45, 7) is 5.36. The Hall–Kier alpha value is -3.09. The van der Waals surface area contributed by atoms with Crippen LogP contribution in [0.1, 0.15) is 42.9 Å². The van der Waals surface area contributed by atoms with Crippen LogP contribution in [0, 0.1) is 19.8 Å². The van der Waals surface area contributed by atoms with Crippen molar-refractivity contribution in [2.24, 2.45) is 5.92 Å². The first-order chi connectivity index (χ1) is 12.8. The Balaban J connectivity index is 1.62. The van der Waals surface area contributed by atoms with Crippen LogP contribution in [0.4, 0.5) is 11.4 Å². The fraction of sp³-hybridized carbons (Fsp3) is 0.350. The number of furan rings is 1. The molecule has 1 aliphatic carbocycles. The quantitative estimate of drug-likeness (QED) is 0.705. The normalized spacial score (nSPS) is 14.3. The van der Waals surface area contributed by atoms with E-state index < -0.39 is 17.9 Å². The van der Waals surface area contributed by atoms with Crippen molar-refractivity contribution in [3.63, 3.8) is 0 Å². The van der Waals surface area contributed by atoms with Gasteiger partial charge < -0.3 is 20.4 Å². The molecule has 7 heteroatoms. The topological polar surface area (TPSA) is 100 Å². The lowest BCUT2D eigenvalue weighted by molar-refractivity contribution is -0.136. The minimum atomic E-state index is -0.779. The molecule has 0 spiro atoms. The Labute approximate surface area is 157 Å². The van der Waals surface area contributed by atoms with Crippen molar-refractivity contribution in [2.75, 3.05) is 10.6 Å². The zero-order valence-electron chi connectivity index (χ0n) is 15.6. The van der Waals surface area contributed by atoms with Crippen molar-refractivity contribution in [3.05, 3.63) is 47.4 Å². The van der Waals surface area contributed by atoms with Gasteiger partial charge in [0.1, 0.15) is 11.5 Å². The van der Waals surface area contributed by atoms with Gasteiger partial charge in [0.25, 0.3) is 0 Å². The highest BCUT2D eigenvalue weighted by Crippen LogP contribution is 2.30. The van der Waals surface area contributed by atoms with Gasteiger partial charge in [0.05, 0.1) is 6.04 Å². The van der Waals surface area contributed by atoms with Crippen LogP contribution in [-0.4, -0.2) is 17.7 Å². The van der Waals surface area contributed by atoms with E-state index in [0.29, 0.717) is 17.1 Å². The molecule has 27 heavy (non-hydrogen) atoms. The fourth-order valence-corrected chi connectivity index (χ4v) is 2.62. The number of carbonyl (C=O) groups is 3. The van der Waals surface area contributed by atoms with E-state index >= 15 is 0 Å². The van der Waals surface area contributed by atoms with Gasteiger partial charge in [-0.1, -0.05) is 6.07 Å². The number of nitrogens with one attached hydrogen (secondary N) is 3. The fourth-order valence-electron chi connectivity index (χ4n) is 2.62. The summed E-state index contributed by atoms with van der Waals surface area (Å²) in [6, 6.07) is 8.33. The van der Waals surface area contributed by atoms with Crippen molar-refractivity contribution < 1.29 is 18.8 Å². The predicted molar refractivity (Wildman–Crippen MR) is 101 cm³/mol. The highest BCUT2D eigenvalue weighted by Gasteiger charge is 2.29. The molecule has 3 amide bonds. The molecule has 0 radical (unpaired) electrons. The Kier molecular flexibility index (Phi) is 5.30. The second-order valence-electron chi connectivity index (χ2n) is 6.89. The van der Waals surface area contributed by atoms with Crippen LogP contribution in [0.25, 0.3) is 0 Å². The Bertz CT molecular complexity index is 883. The summed E-state index contributed by atoms with van der Waals surface area (Å²) in [5.74, 6) is -0.161. The van der Waals surface area contributed by atoms with Gasteiger partial charge in [-0.15, -0.1) is 0 Å². The molecule has 1 saturated carbocycles. The molecule has 1 aromatic heterocycles. The maximum atomic E-state index is 12.2. The van der Waals surface area contributed by atoms with Crippen molar-refractivity contribution in [1.82, 2.24) is 5.32 Å². The summed E-state index contributed by atoms with van der Waals surface area (Å²) in [5, 5.41) is 8.03. The second kappa shape index (κ2) is 7.65. The molecule has 142 valence electrons. The average Bonchev–Trinajstić information content (AvgIpc) is 3.39. The van der Waals surface area contributed by atoms with E-state index in [9.17, 15) is 14.4 Å². The van der Waals surface area contributed by atoms with Gasteiger partial charge in [-0.25, -0.2) is 0 Å². The minimum absolute atomic E-state index is 0.0172. The number of amides is 3. The second-order valence-corrected chi connectivity index (χ2v) is 6.89. The smallest absolute Gasteiger partial charge is 0.313 e. The van der Waals surface area contributed by atoms with Crippen LogP contribution in [0.5, 0.6) is 0 Å². The van der Waals surface area contributed by atoms with Crippen molar-refractivity contribution >= 4 is 29.1 Å². The molecule has 2 aromatic rings. The predicted octanol–water partition coefficient (Wildman–Crippen LogP) is 3.06. The maximum Gasteiger partial charge on any atom is 0.313 e. The van der Waals surface area contributed by atoms with E-state index in [1.165, 1.54) is 0 Å². The van der Waals surface area contributed by atoms with Crippen LogP contribution in [0.15, 0.2) is 34.7 Å². The van der Waals surface area contributed by atoms with E-state index in [4.69, 9.17) is 4.42 Å². The number of aryl methyl sites for hydroxylation is 2. The van der Waals surface area contributed by atoms with E-state index in [1.807, 2.05) is 13.8 Å². The first-order valence-electron chi connectivity index (χ1n) is 8.93. The molecule has 1 heterocycles. The third kappa shape index (κ3) is 4.75. The monoisotopic (exact) mass is 369 g/mol. The summed E-state index contributed by atoms with van der Waals surface area (Å²) < 4.78 is 5.45. The number of carbonyl (C=O) groups excluding carboxylic acids is 3. The number of hydrogen-bond acceptors (Lipinski definition) is 4. The molecule has 1 aliphatic rings. The summed E-state index contributed by atoms with van der Waals surface area (Å²) in [6.07, 6.45) is 1.82. The molecule has 1 fully saturated rings. The third-order valence-corrected chi connectivity index (χ3v) is 4.44. The molecule has 1 aromatic carbocycles. The van der Waals surface area contributed by atoms with E-state index in [2.05, 4.69) is 16.0 Å². The standard InChI is InChI=1S/C20H23N3O4/c1-11-4-8-15(22-18(24)14-6-7-14)10-16(11)23-20(26)19(25)21-13(3)17-9-5-12(2)27-17/h4-5,8-10,13-14H,6-7H2,1-3H3,(H,21,25)(H,22,24)(H,23,26)/t13-/m1/s1. The van der Waals surface area contributed by atoms with E-state index in [1.54, 1.807) is 37.3 Å².